The summed E-state index contributed by atoms with van der Waals surface area (Å²) < 4.78 is 5.76. The summed E-state index contributed by atoms with van der Waals surface area (Å²) in [4.78, 5) is 10.9. The minimum absolute atomic E-state index is 0.212. The normalized spacial score (nSPS) is 20.2. The van der Waals surface area contributed by atoms with Gasteiger partial charge < -0.3 is 15.0 Å². The SMILES string of the molecule is Cc1ccc2ncnc(NCC3CN(C)CCO3)c2c1. The van der Waals surface area contributed by atoms with Gasteiger partial charge in [0.2, 0.25) is 0 Å². The van der Waals surface area contributed by atoms with Crippen LogP contribution in [0.4, 0.5) is 5.82 Å². The number of hydrogen-bond donors (Lipinski definition) is 1. The molecule has 0 bridgehead atoms. The van der Waals surface area contributed by atoms with E-state index >= 15 is 0 Å². The molecule has 106 valence electrons. The first-order valence-corrected chi connectivity index (χ1v) is 6.98. The van der Waals surface area contributed by atoms with E-state index in [-0.39, 0.29) is 6.10 Å². The minimum atomic E-state index is 0.212. The fourth-order valence-electron chi connectivity index (χ4n) is 2.51. The Hall–Kier alpha value is -1.72. The van der Waals surface area contributed by atoms with E-state index in [9.17, 15) is 0 Å². The summed E-state index contributed by atoms with van der Waals surface area (Å²) in [5.41, 5.74) is 2.18. The Labute approximate surface area is 119 Å². The lowest BCUT2D eigenvalue weighted by atomic mass is 10.1. The van der Waals surface area contributed by atoms with Crippen LogP contribution in [0.5, 0.6) is 0 Å². The first kappa shape index (κ1) is 13.3. The van der Waals surface area contributed by atoms with Gasteiger partial charge in [0.25, 0.3) is 0 Å². The molecule has 1 aliphatic heterocycles. The Morgan fingerprint density at radius 3 is 3.15 bits per heavy atom. The second-order valence-electron chi connectivity index (χ2n) is 5.38. The van der Waals surface area contributed by atoms with Crippen molar-refractivity contribution in [1.29, 1.82) is 0 Å². The van der Waals surface area contributed by atoms with Crippen molar-refractivity contribution in [2.45, 2.75) is 13.0 Å². The molecule has 1 fully saturated rings. The molecule has 3 rings (SSSR count). The van der Waals surface area contributed by atoms with Gasteiger partial charge in [0.1, 0.15) is 12.1 Å². The standard InChI is InChI=1S/C15H20N4O/c1-11-3-4-14-13(7-11)15(18-10-17-14)16-8-12-9-19(2)5-6-20-12/h3-4,7,10,12H,5-6,8-9H2,1-2H3,(H,16,17,18). The molecule has 1 aromatic carbocycles. The summed E-state index contributed by atoms with van der Waals surface area (Å²) in [5, 5.41) is 4.47. The maximum absolute atomic E-state index is 5.76. The molecular weight excluding hydrogens is 252 g/mol. The van der Waals surface area contributed by atoms with Crippen LogP contribution >= 0.6 is 0 Å². The summed E-state index contributed by atoms with van der Waals surface area (Å²) in [7, 11) is 2.12. The lowest BCUT2D eigenvalue weighted by Gasteiger charge is -2.30. The molecule has 0 aliphatic carbocycles. The molecule has 5 heteroatoms. The van der Waals surface area contributed by atoms with Crippen molar-refractivity contribution in [2.24, 2.45) is 0 Å². The van der Waals surface area contributed by atoms with Crippen LogP contribution in [0.1, 0.15) is 5.56 Å². The zero-order chi connectivity index (χ0) is 13.9. The molecule has 1 saturated heterocycles. The molecule has 2 heterocycles. The van der Waals surface area contributed by atoms with Crippen LogP contribution in [0.3, 0.4) is 0 Å². The third-order valence-corrected chi connectivity index (χ3v) is 3.63. The number of nitrogens with zero attached hydrogens (tertiary/aromatic N) is 3. The van der Waals surface area contributed by atoms with E-state index in [1.54, 1.807) is 6.33 Å². The number of morpholine rings is 1. The van der Waals surface area contributed by atoms with Crippen molar-refractivity contribution in [1.82, 2.24) is 14.9 Å². The van der Waals surface area contributed by atoms with Gasteiger partial charge in [0.15, 0.2) is 0 Å². The van der Waals surface area contributed by atoms with Crippen LogP contribution in [-0.2, 0) is 4.74 Å². The van der Waals surface area contributed by atoms with E-state index in [1.807, 2.05) is 6.07 Å². The Morgan fingerprint density at radius 1 is 1.40 bits per heavy atom. The number of hydrogen-bond acceptors (Lipinski definition) is 5. The molecule has 2 aromatic rings. The van der Waals surface area contributed by atoms with Gasteiger partial charge in [0.05, 0.1) is 18.2 Å². The smallest absolute Gasteiger partial charge is 0.137 e. The predicted octanol–water partition coefficient (Wildman–Crippen LogP) is 1.68. The lowest BCUT2D eigenvalue weighted by molar-refractivity contribution is -0.0117. The Bertz CT molecular complexity index is 601. The highest BCUT2D eigenvalue weighted by atomic mass is 16.5. The van der Waals surface area contributed by atoms with E-state index in [1.165, 1.54) is 5.56 Å². The number of aryl methyl sites for hydroxylation is 1. The number of rotatable bonds is 3. The molecule has 0 amide bonds. The summed E-state index contributed by atoms with van der Waals surface area (Å²) >= 11 is 0. The molecule has 1 aromatic heterocycles. The van der Waals surface area contributed by atoms with Crippen LogP contribution in [0.25, 0.3) is 10.9 Å². The van der Waals surface area contributed by atoms with Crippen LogP contribution in [0, 0.1) is 6.92 Å². The molecule has 0 radical (unpaired) electrons. The van der Waals surface area contributed by atoms with E-state index in [2.05, 4.69) is 46.3 Å². The molecule has 0 saturated carbocycles. The van der Waals surface area contributed by atoms with Crippen molar-refractivity contribution in [3.05, 3.63) is 30.1 Å². The number of nitrogens with one attached hydrogen (secondary N) is 1. The Kier molecular flexibility index (Phi) is 3.80. The lowest BCUT2D eigenvalue weighted by Crippen LogP contribution is -2.43. The highest BCUT2D eigenvalue weighted by Gasteiger charge is 2.17. The third-order valence-electron chi connectivity index (χ3n) is 3.63. The summed E-state index contributed by atoms with van der Waals surface area (Å²) in [6, 6.07) is 6.21. The van der Waals surface area contributed by atoms with E-state index in [4.69, 9.17) is 4.74 Å². The van der Waals surface area contributed by atoms with Gasteiger partial charge in [-0.2, -0.15) is 0 Å². The maximum atomic E-state index is 5.76. The molecule has 0 spiro atoms. The van der Waals surface area contributed by atoms with Crippen molar-refractivity contribution >= 4 is 16.7 Å². The number of benzene rings is 1. The highest BCUT2D eigenvalue weighted by molar-refractivity contribution is 5.89. The first-order valence-electron chi connectivity index (χ1n) is 6.98. The fraction of sp³-hybridized carbons (Fsp3) is 0.467. The van der Waals surface area contributed by atoms with Crippen molar-refractivity contribution in [3.8, 4) is 0 Å². The minimum Gasteiger partial charge on any atom is -0.374 e. The molecule has 5 nitrogen and oxygen atoms in total. The second kappa shape index (κ2) is 5.73. The van der Waals surface area contributed by atoms with Crippen molar-refractivity contribution < 1.29 is 4.74 Å². The third kappa shape index (κ3) is 2.89. The van der Waals surface area contributed by atoms with Gasteiger partial charge in [-0.3, -0.25) is 0 Å². The van der Waals surface area contributed by atoms with Gasteiger partial charge >= 0.3 is 0 Å². The van der Waals surface area contributed by atoms with Gasteiger partial charge in [-0.1, -0.05) is 11.6 Å². The number of anilines is 1. The number of aromatic nitrogens is 2. The topological polar surface area (TPSA) is 50.3 Å². The number of ether oxygens (including phenoxy) is 1. The zero-order valence-electron chi connectivity index (χ0n) is 12.0. The largest absolute Gasteiger partial charge is 0.374 e. The van der Waals surface area contributed by atoms with Crippen LogP contribution in [-0.4, -0.2) is 54.3 Å². The average Bonchev–Trinajstić information content (AvgIpc) is 2.45. The molecule has 1 unspecified atom stereocenters. The van der Waals surface area contributed by atoms with Gasteiger partial charge in [-0.05, 0) is 26.1 Å². The van der Waals surface area contributed by atoms with Crippen LogP contribution in [0.15, 0.2) is 24.5 Å². The molecular formula is C15H20N4O. The fourth-order valence-corrected chi connectivity index (χ4v) is 2.51. The van der Waals surface area contributed by atoms with Crippen molar-refractivity contribution in [2.75, 3.05) is 38.6 Å². The van der Waals surface area contributed by atoms with Gasteiger partial charge in [-0.15, -0.1) is 0 Å². The molecule has 1 aliphatic rings. The van der Waals surface area contributed by atoms with E-state index < -0.39 is 0 Å². The van der Waals surface area contributed by atoms with Crippen LogP contribution in [0.2, 0.25) is 0 Å². The molecule has 20 heavy (non-hydrogen) atoms. The van der Waals surface area contributed by atoms with Crippen molar-refractivity contribution in [3.63, 3.8) is 0 Å². The molecule has 1 atom stereocenters. The average molecular weight is 272 g/mol. The Morgan fingerprint density at radius 2 is 2.30 bits per heavy atom. The number of likely N-dealkylation sites (N-methyl/N-ethyl adjacent to an activating group) is 1. The monoisotopic (exact) mass is 272 g/mol. The van der Waals surface area contributed by atoms with E-state index in [0.29, 0.717) is 0 Å². The van der Waals surface area contributed by atoms with Gasteiger partial charge in [-0.25, -0.2) is 9.97 Å². The second-order valence-corrected chi connectivity index (χ2v) is 5.38. The molecule has 1 N–H and O–H groups in total. The van der Waals surface area contributed by atoms with Crippen LogP contribution < -0.4 is 5.32 Å². The first-order chi connectivity index (χ1) is 9.72. The summed E-state index contributed by atoms with van der Waals surface area (Å²) in [5.74, 6) is 0.885. The highest BCUT2D eigenvalue weighted by Crippen LogP contribution is 2.20. The maximum Gasteiger partial charge on any atom is 0.137 e. The van der Waals surface area contributed by atoms with Gasteiger partial charge in [0, 0.05) is 25.0 Å². The Balaban J connectivity index is 1.75. The van der Waals surface area contributed by atoms with E-state index in [0.717, 1.165) is 43.0 Å². The zero-order valence-corrected chi connectivity index (χ0v) is 12.0. The summed E-state index contributed by atoms with van der Waals surface area (Å²) in [6.07, 6.45) is 1.82. The predicted molar refractivity (Wildman–Crippen MR) is 80.0 cm³/mol. The number of fused-ring (bicyclic) bond motifs is 1. The summed E-state index contributed by atoms with van der Waals surface area (Å²) in [6.45, 7) is 5.60. The quantitative estimate of drug-likeness (QED) is 0.921.